The van der Waals surface area contributed by atoms with Crippen LogP contribution in [0.15, 0.2) is 48.5 Å². The van der Waals surface area contributed by atoms with Crippen LogP contribution >= 0.6 is 0 Å². The Kier molecular flexibility index (Phi) is 5.59. The fraction of sp³-hybridized carbons (Fsp3) is 0.250. The average Bonchev–Trinajstić information content (AvgIpc) is 2.75. The van der Waals surface area contributed by atoms with Crippen LogP contribution in [0.25, 0.3) is 10.8 Å². The highest BCUT2D eigenvalue weighted by Gasteiger charge is 2.26. The number of hydrogen-bond acceptors (Lipinski definition) is 3. The Hall–Kier alpha value is -3.48. The maximum absolute atomic E-state index is 14.0. The second-order valence-corrected chi connectivity index (χ2v) is 7.73. The molecule has 0 aliphatic carbocycles. The number of amides is 1. The molecule has 31 heavy (non-hydrogen) atoms. The lowest BCUT2D eigenvalue weighted by atomic mass is 9.92. The van der Waals surface area contributed by atoms with E-state index in [0.717, 1.165) is 5.69 Å². The first-order valence-corrected chi connectivity index (χ1v) is 10.1. The topological polar surface area (TPSA) is 60.9 Å². The molecule has 0 aromatic heterocycles. The Morgan fingerprint density at radius 2 is 1.58 bits per heavy atom. The summed E-state index contributed by atoms with van der Waals surface area (Å²) < 4.78 is 27.2. The lowest BCUT2D eigenvalue weighted by Crippen LogP contribution is -2.49. The van der Waals surface area contributed by atoms with Gasteiger partial charge in [0.05, 0.1) is 12.0 Å². The van der Waals surface area contributed by atoms with Crippen LogP contribution in [0.4, 0.5) is 14.5 Å². The predicted octanol–water partition coefficient (Wildman–Crippen LogP) is 4.02. The highest BCUT2D eigenvalue weighted by molar-refractivity contribution is 6.09. The number of hydrogen-bond donors (Lipinski definition) is 1. The minimum atomic E-state index is -0.990. The standard InChI is InChI=1S/C24H22F2N2O3/c1-15-17(13-22(29)30)12-16-2-3-19(26)14-21(16)23(15)24(31)28-10-8-27(9-11-28)20-6-4-18(25)5-7-20/h2-7,12,14H,8-11,13H2,1H3,(H,29,30). The minimum Gasteiger partial charge on any atom is -0.481 e. The fourth-order valence-corrected chi connectivity index (χ4v) is 4.13. The molecule has 0 unspecified atom stereocenters. The summed E-state index contributed by atoms with van der Waals surface area (Å²) in [4.78, 5) is 28.5. The molecule has 0 radical (unpaired) electrons. The first-order chi connectivity index (χ1) is 14.8. The molecule has 0 saturated carbocycles. The summed E-state index contributed by atoms with van der Waals surface area (Å²) in [7, 11) is 0. The molecule has 5 nitrogen and oxygen atoms in total. The van der Waals surface area contributed by atoms with Gasteiger partial charge in [0, 0.05) is 31.9 Å². The molecular weight excluding hydrogens is 402 g/mol. The molecular formula is C24H22F2N2O3. The number of nitrogens with zero attached hydrogens (tertiary/aromatic N) is 2. The van der Waals surface area contributed by atoms with Crippen molar-refractivity contribution in [1.82, 2.24) is 4.90 Å². The molecule has 0 atom stereocenters. The monoisotopic (exact) mass is 424 g/mol. The van der Waals surface area contributed by atoms with E-state index in [1.807, 2.05) is 0 Å². The van der Waals surface area contributed by atoms with E-state index in [2.05, 4.69) is 4.90 Å². The van der Waals surface area contributed by atoms with Crippen molar-refractivity contribution in [3.8, 4) is 0 Å². The lowest BCUT2D eigenvalue weighted by molar-refractivity contribution is -0.136. The van der Waals surface area contributed by atoms with Crippen molar-refractivity contribution in [3.63, 3.8) is 0 Å². The Morgan fingerprint density at radius 1 is 0.935 bits per heavy atom. The van der Waals surface area contributed by atoms with E-state index >= 15 is 0 Å². The number of carbonyl (C=O) groups is 2. The molecule has 1 N–H and O–H groups in total. The molecule has 0 bridgehead atoms. The lowest BCUT2D eigenvalue weighted by Gasteiger charge is -2.36. The third-order valence-corrected chi connectivity index (χ3v) is 5.79. The van der Waals surface area contributed by atoms with Crippen LogP contribution in [0.3, 0.4) is 0 Å². The molecule has 1 aliphatic heterocycles. The van der Waals surface area contributed by atoms with Gasteiger partial charge in [0.25, 0.3) is 5.91 Å². The summed E-state index contributed by atoms with van der Waals surface area (Å²) in [6.45, 7) is 3.78. The molecule has 160 valence electrons. The van der Waals surface area contributed by atoms with Gasteiger partial charge in [0.2, 0.25) is 0 Å². The van der Waals surface area contributed by atoms with E-state index < -0.39 is 11.8 Å². The van der Waals surface area contributed by atoms with Gasteiger partial charge in [-0.1, -0.05) is 12.1 Å². The highest BCUT2D eigenvalue weighted by atomic mass is 19.1. The van der Waals surface area contributed by atoms with Crippen LogP contribution in [-0.2, 0) is 11.2 Å². The average molecular weight is 424 g/mol. The Balaban J connectivity index is 1.64. The number of carbonyl (C=O) groups excluding carboxylic acids is 1. The number of fused-ring (bicyclic) bond motifs is 1. The third kappa shape index (κ3) is 4.21. The number of anilines is 1. The fourth-order valence-electron chi connectivity index (χ4n) is 4.13. The van der Waals surface area contributed by atoms with Gasteiger partial charge in [-0.15, -0.1) is 0 Å². The molecule has 1 heterocycles. The van der Waals surface area contributed by atoms with Crippen LogP contribution in [0.2, 0.25) is 0 Å². The number of carboxylic acids is 1. The smallest absolute Gasteiger partial charge is 0.307 e. The van der Waals surface area contributed by atoms with Crippen LogP contribution in [0.1, 0.15) is 21.5 Å². The first-order valence-electron chi connectivity index (χ1n) is 10.1. The number of aliphatic carboxylic acids is 1. The van der Waals surface area contributed by atoms with Crippen molar-refractivity contribution in [1.29, 1.82) is 0 Å². The Bertz CT molecular complexity index is 1150. The zero-order valence-corrected chi connectivity index (χ0v) is 17.1. The second-order valence-electron chi connectivity index (χ2n) is 7.73. The second kappa shape index (κ2) is 8.34. The molecule has 1 fully saturated rings. The maximum Gasteiger partial charge on any atom is 0.307 e. The molecule has 1 amide bonds. The van der Waals surface area contributed by atoms with Crippen molar-refractivity contribution in [2.45, 2.75) is 13.3 Å². The quantitative estimate of drug-likeness (QED) is 0.687. The van der Waals surface area contributed by atoms with Gasteiger partial charge in [-0.2, -0.15) is 0 Å². The number of carboxylic acid groups (broad SMARTS) is 1. The molecule has 1 aliphatic rings. The van der Waals surface area contributed by atoms with E-state index in [9.17, 15) is 23.5 Å². The van der Waals surface area contributed by atoms with E-state index in [1.54, 1.807) is 36.1 Å². The van der Waals surface area contributed by atoms with Gasteiger partial charge in [-0.05, 0) is 65.2 Å². The van der Waals surface area contributed by atoms with E-state index in [1.165, 1.54) is 24.3 Å². The summed E-state index contributed by atoms with van der Waals surface area (Å²) in [5.74, 6) is -1.98. The summed E-state index contributed by atoms with van der Waals surface area (Å²) in [6, 6.07) is 12.1. The molecule has 1 saturated heterocycles. The molecule has 0 spiro atoms. The summed E-state index contributed by atoms with van der Waals surface area (Å²) >= 11 is 0. The van der Waals surface area contributed by atoms with Gasteiger partial charge in [0.1, 0.15) is 11.6 Å². The van der Waals surface area contributed by atoms with Crippen molar-refractivity contribution in [3.05, 3.63) is 76.9 Å². The zero-order chi connectivity index (χ0) is 22.1. The van der Waals surface area contributed by atoms with Crippen molar-refractivity contribution in [2.24, 2.45) is 0 Å². The number of benzene rings is 3. The summed E-state index contributed by atoms with van der Waals surface area (Å²) in [6.07, 6.45) is -0.211. The van der Waals surface area contributed by atoms with Crippen LogP contribution in [-0.4, -0.2) is 48.1 Å². The van der Waals surface area contributed by atoms with Gasteiger partial charge in [0.15, 0.2) is 0 Å². The maximum atomic E-state index is 14.0. The highest BCUT2D eigenvalue weighted by Crippen LogP contribution is 2.29. The Labute approximate surface area is 178 Å². The molecule has 7 heteroatoms. The van der Waals surface area contributed by atoms with Gasteiger partial charge in [-0.25, -0.2) is 8.78 Å². The van der Waals surface area contributed by atoms with E-state index in [-0.39, 0.29) is 18.1 Å². The normalized spacial score (nSPS) is 14.2. The van der Waals surface area contributed by atoms with Crippen LogP contribution in [0.5, 0.6) is 0 Å². The van der Waals surface area contributed by atoms with E-state index in [0.29, 0.717) is 53.6 Å². The summed E-state index contributed by atoms with van der Waals surface area (Å²) in [5, 5.41) is 10.4. The molecule has 3 aromatic carbocycles. The number of piperazine rings is 1. The SMILES string of the molecule is Cc1c(CC(=O)O)cc2ccc(F)cc2c1C(=O)N1CCN(c2ccc(F)cc2)CC1. The first kappa shape index (κ1) is 20.8. The zero-order valence-electron chi connectivity index (χ0n) is 17.1. The van der Waals surface area contributed by atoms with E-state index in [4.69, 9.17) is 0 Å². The Morgan fingerprint density at radius 3 is 2.23 bits per heavy atom. The molecule has 4 rings (SSSR count). The minimum absolute atomic E-state index is 0.211. The van der Waals surface area contributed by atoms with Gasteiger partial charge >= 0.3 is 5.97 Å². The van der Waals surface area contributed by atoms with Gasteiger partial charge < -0.3 is 14.9 Å². The van der Waals surface area contributed by atoms with Crippen molar-refractivity contribution >= 4 is 28.3 Å². The van der Waals surface area contributed by atoms with Gasteiger partial charge in [-0.3, -0.25) is 9.59 Å². The molecule has 3 aromatic rings. The third-order valence-electron chi connectivity index (χ3n) is 5.79. The van der Waals surface area contributed by atoms with Crippen LogP contribution in [0, 0.1) is 18.6 Å². The largest absolute Gasteiger partial charge is 0.481 e. The summed E-state index contributed by atoms with van der Waals surface area (Å²) in [5.41, 5.74) is 2.34. The van der Waals surface area contributed by atoms with Crippen molar-refractivity contribution < 1.29 is 23.5 Å². The number of rotatable bonds is 4. The predicted molar refractivity (Wildman–Crippen MR) is 114 cm³/mol. The number of halogens is 2. The van der Waals surface area contributed by atoms with Crippen molar-refractivity contribution in [2.75, 3.05) is 31.1 Å². The van der Waals surface area contributed by atoms with Crippen LogP contribution < -0.4 is 4.90 Å².